The van der Waals surface area contributed by atoms with Crippen LogP contribution in [-0.4, -0.2) is 48.2 Å². The van der Waals surface area contributed by atoms with Crippen LogP contribution in [0.25, 0.3) is 0 Å². The molecule has 3 aliphatic rings. The van der Waals surface area contributed by atoms with Crippen LogP contribution in [-0.2, 0) is 19.1 Å². The minimum atomic E-state index is -1.02. The molecule has 0 spiro atoms. The number of fused-ring (bicyclic) bond motifs is 5. The number of amides is 2. The molecule has 1 aromatic carbocycles. The van der Waals surface area contributed by atoms with Crippen molar-refractivity contribution in [2.45, 2.75) is 32.2 Å². The zero-order valence-corrected chi connectivity index (χ0v) is 15.9. The summed E-state index contributed by atoms with van der Waals surface area (Å²) in [4.78, 5) is 51.2. The molecule has 0 unspecified atom stereocenters. The third-order valence-electron chi connectivity index (χ3n) is 6.45. The summed E-state index contributed by atoms with van der Waals surface area (Å²) in [6, 6.07) is 5.44. The molecule has 5 atom stereocenters. The second-order valence-corrected chi connectivity index (χ2v) is 7.87. The maximum absolute atomic E-state index is 12.8. The molecule has 2 amide bonds. The molecule has 28 heavy (non-hydrogen) atoms. The fourth-order valence-corrected chi connectivity index (χ4v) is 5.04. The smallest absolute Gasteiger partial charge is 0.329 e. The summed E-state index contributed by atoms with van der Waals surface area (Å²) in [7, 11) is 1.53. The lowest BCUT2D eigenvalue weighted by Gasteiger charge is -2.22. The van der Waals surface area contributed by atoms with Crippen molar-refractivity contribution < 1.29 is 28.7 Å². The van der Waals surface area contributed by atoms with E-state index in [2.05, 4.69) is 0 Å². The lowest BCUT2D eigenvalue weighted by molar-refractivity contribution is -0.157. The van der Waals surface area contributed by atoms with Crippen molar-refractivity contribution in [1.82, 2.24) is 4.90 Å². The molecule has 3 fully saturated rings. The van der Waals surface area contributed by atoms with Crippen LogP contribution in [0.5, 0.6) is 5.75 Å². The first kappa shape index (κ1) is 18.7. The Morgan fingerprint density at radius 3 is 2.18 bits per heavy atom. The van der Waals surface area contributed by atoms with Crippen molar-refractivity contribution in [1.29, 1.82) is 0 Å². The molecule has 1 aliphatic heterocycles. The molecule has 1 aromatic rings. The number of rotatable bonds is 6. The summed E-state index contributed by atoms with van der Waals surface area (Å²) in [5.74, 6) is -1.03. The summed E-state index contributed by atoms with van der Waals surface area (Å²) >= 11 is 0. The number of Topliss-reactive ketones (excluding diaryl/α,β-unsaturated/α-hetero) is 1. The predicted octanol–water partition coefficient (Wildman–Crippen LogP) is 1.84. The largest absolute Gasteiger partial charge is 0.497 e. The van der Waals surface area contributed by atoms with Gasteiger partial charge in [0.2, 0.25) is 11.8 Å². The maximum atomic E-state index is 12.8. The number of esters is 1. The van der Waals surface area contributed by atoms with Gasteiger partial charge in [-0.15, -0.1) is 0 Å². The van der Waals surface area contributed by atoms with Crippen molar-refractivity contribution in [2.75, 3.05) is 13.7 Å². The Bertz CT molecular complexity index is 804. The van der Waals surface area contributed by atoms with E-state index in [-0.39, 0.29) is 41.3 Å². The van der Waals surface area contributed by atoms with Gasteiger partial charge in [0.15, 0.2) is 12.4 Å². The van der Waals surface area contributed by atoms with E-state index in [0.29, 0.717) is 11.3 Å². The summed E-state index contributed by atoms with van der Waals surface area (Å²) in [5, 5.41) is 0. The number of hydrogen-bond donors (Lipinski definition) is 0. The van der Waals surface area contributed by atoms with Gasteiger partial charge in [0, 0.05) is 5.56 Å². The van der Waals surface area contributed by atoms with E-state index in [4.69, 9.17) is 9.47 Å². The molecule has 148 valence electrons. The number of ether oxygens (including phenoxy) is 2. The highest BCUT2D eigenvalue weighted by Gasteiger charge is 2.62. The van der Waals surface area contributed by atoms with Gasteiger partial charge in [-0.1, -0.05) is 0 Å². The van der Waals surface area contributed by atoms with E-state index in [9.17, 15) is 19.2 Å². The number of imide groups is 1. The van der Waals surface area contributed by atoms with Gasteiger partial charge in [0.1, 0.15) is 11.8 Å². The second kappa shape index (κ2) is 7.04. The fraction of sp³-hybridized carbons (Fsp3) is 0.524. The van der Waals surface area contributed by atoms with Gasteiger partial charge >= 0.3 is 5.97 Å². The first-order valence-electron chi connectivity index (χ1n) is 9.63. The van der Waals surface area contributed by atoms with Crippen LogP contribution < -0.4 is 4.74 Å². The standard InChI is InChI=1S/C21H23NO6/c1-11(21(26)28-10-16(23)12-5-7-15(27-2)8-6-12)22-19(24)17-13-3-4-14(9-13)18(17)20(22)25/h5-8,11,13-14,17-18H,3-4,9-10H2,1-2H3/t11-,13-,14+,17-,18+/m0/s1. The molecular formula is C21H23NO6. The first-order valence-corrected chi connectivity index (χ1v) is 9.63. The van der Waals surface area contributed by atoms with Crippen LogP contribution in [0.3, 0.4) is 0 Å². The molecule has 1 heterocycles. The third kappa shape index (κ3) is 2.89. The zero-order chi connectivity index (χ0) is 20.0. The minimum absolute atomic E-state index is 0.256. The Balaban J connectivity index is 1.37. The zero-order valence-electron chi connectivity index (χ0n) is 15.9. The van der Waals surface area contributed by atoms with Crippen LogP contribution in [0, 0.1) is 23.7 Å². The van der Waals surface area contributed by atoms with Crippen molar-refractivity contribution in [2.24, 2.45) is 23.7 Å². The Kier molecular flexibility index (Phi) is 4.69. The summed E-state index contributed by atoms with van der Waals surface area (Å²) in [6.45, 7) is 1.04. The van der Waals surface area contributed by atoms with Crippen molar-refractivity contribution in [3.05, 3.63) is 29.8 Å². The quantitative estimate of drug-likeness (QED) is 0.422. The lowest BCUT2D eigenvalue weighted by Crippen LogP contribution is -2.45. The summed E-state index contributed by atoms with van der Waals surface area (Å²) in [5.41, 5.74) is 0.390. The number of benzene rings is 1. The summed E-state index contributed by atoms with van der Waals surface area (Å²) < 4.78 is 10.2. The molecule has 0 aromatic heterocycles. The monoisotopic (exact) mass is 385 g/mol. The van der Waals surface area contributed by atoms with Crippen molar-refractivity contribution in [3.63, 3.8) is 0 Å². The van der Waals surface area contributed by atoms with Gasteiger partial charge in [-0.3, -0.25) is 19.3 Å². The van der Waals surface area contributed by atoms with Crippen molar-refractivity contribution in [3.8, 4) is 5.75 Å². The highest BCUT2D eigenvalue weighted by Crippen LogP contribution is 2.56. The van der Waals surface area contributed by atoms with Gasteiger partial charge in [0.05, 0.1) is 18.9 Å². The van der Waals surface area contributed by atoms with Crippen LogP contribution in [0.2, 0.25) is 0 Å². The predicted molar refractivity (Wildman–Crippen MR) is 97.4 cm³/mol. The molecule has 2 aliphatic carbocycles. The van der Waals surface area contributed by atoms with E-state index in [0.717, 1.165) is 24.2 Å². The number of ketones is 1. The molecule has 2 saturated carbocycles. The highest BCUT2D eigenvalue weighted by atomic mass is 16.5. The number of carbonyl (C=O) groups excluding carboxylic acids is 4. The van der Waals surface area contributed by atoms with Crippen LogP contribution >= 0.6 is 0 Å². The average Bonchev–Trinajstić information content (AvgIpc) is 3.39. The topological polar surface area (TPSA) is 90.0 Å². The van der Waals surface area contributed by atoms with E-state index in [1.165, 1.54) is 14.0 Å². The van der Waals surface area contributed by atoms with E-state index < -0.39 is 18.6 Å². The highest BCUT2D eigenvalue weighted by molar-refractivity contribution is 6.08. The van der Waals surface area contributed by atoms with E-state index in [1.807, 2.05) is 0 Å². The molecule has 0 N–H and O–H groups in total. The SMILES string of the molecule is COc1ccc(C(=O)COC(=O)[C@H](C)N2C(=O)[C@@H]3[C@@H]4CC[C@@H](C4)[C@@H]3C2=O)cc1. The molecule has 2 bridgehead atoms. The Labute approximate surface area is 163 Å². The van der Waals surface area contributed by atoms with Gasteiger partial charge in [-0.05, 0) is 62.3 Å². The third-order valence-corrected chi connectivity index (χ3v) is 6.45. The van der Waals surface area contributed by atoms with Crippen LogP contribution in [0.15, 0.2) is 24.3 Å². The molecule has 4 rings (SSSR count). The van der Waals surface area contributed by atoms with Crippen LogP contribution in [0.1, 0.15) is 36.5 Å². The molecule has 1 saturated heterocycles. The molecule has 7 nitrogen and oxygen atoms in total. The number of carbonyl (C=O) groups is 4. The first-order chi connectivity index (χ1) is 13.4. The average molecular weight is 385 g/mol. The number of likely N-dealkylation sites (tertiary alicyclic amines) is 1. The number of methoxy groups -OCH3 is 1. The molecule has 7 heteroatoms. The maximum Gasteiger partial charge on any atom is 0.329 e. The van der Waals surface area contributed by atoms with Gasteiger partial charge in [-0.25, -0.2) is 4.79 Å². The molecule has 0 radical (unpaired) electrons. The normalized spacial score (nSPS) is 29.0. The Morgan fingerprint density at radius 1 is 1.07 bits per heavy atom. The molecular weight excluding hydrogens is 362 g/mol. The lowest BCUT2D eigenvalue weighted by atomic mass is 9.81. The number of hydrogen-bond acceptors (Lipinski definition) is 6. The van der Waals surface area contributed by atoms with Gasteiger partial charge in [0.25, 0.3) is 0 Å². The minimum Gasteiger partial charge on any atom is -0.497 e. The second-order valence-electron chi connectivity index (χ2n) is 7.87. The number of nitrogens with zero attached hydrogens (tertiary/aromatic N) is 1. The fourth-order valence-electron chi connectivity index (χ4n) is 5.04. The summed E-state index contributed by atoms with van der Waals surface area (Å²) in [6.07, 6.45) is 2.90. The van der Waals surface area contributed by atoms with Gasteiger partial charge in [-0.2, -0.15) is 0 Å². The van der Waals surface area contributed by atoms with E-state index >= 15 is 0 Å². The van der Waals surface area contributed by atoms with Crippen molar-refractivity contribution >= 4 is 23.6 Å². The Hall–Kier alpha value is -2.70. The van der Waals surface area contributed by atoms with Crippen LogP contribution in [0.4, 0.5) is 0 Å². The Morgan fingerprint density at radius 2 is 1.64 bits per heavy atom. The van der Waals surface area contributed by atoms with E-state index in [1.54, 1.807) is 24.3 Å². The van der Waals surface area contributed by atoms with Gasteiger partial charge < -0.3 is 9.47 Å².